The highest BCUT2D eigenvalue weighted by Crippen LogP contribution is 2.45. The number of aryl methyl sites for hydroxylation is 1. The van der Waals surface area contributed by atoms with Crippen LogP contribution in [-0.2, 0) is 4.74 Å². The molecule has 0 amide bonds. The Morgan fingerprint density at radius 2 is 2.32 bits per heavy atom. The molecule has 0 radical (unpaired) electrons. The Balaban J connectivity index is 1.76. The number of nitrogens with one attached hydrogen (secondary N) is 1. The maximum atomic E-state index is 6.11. The summed E-state index contributed by atoms with van der Waals surface area (Å²) in [6.45, 7) is 2.91. The lowest BCUT2D eigenvalue weighted by Gasteiger charge is -2.40. The second-order valence-corrected chi connectivity index (χ2v) is 6.99. The highest BCUT2D eigenvalue weighted by atomic mass is 32.1. The summed E-state index contributed by atoms with van der Waals surface area (Å²) >= 11 is 1.70. The van der Waals surface area contributed by atoms with Crippen molar-refractivity contribution in [3.63, 3.8) is 0 Å². The van der Waals surface area contributed by atoms with Gasteiger partial charge in [-0.15, -0.1) is 11.3 Å². The third kappa shape index (κ3) is 2.70. The lowest BCUT2D eigenvalue weighted by atomic mass is 9.80. The number of aromatic nitrogens is 1. The molecule has 2 fully saturated rings. The molecule has 1 aliphatic heterocycles. The number of thiazole rings is 1. The van der Waals surface area contributed by atoms with Crippen LogP contribution in [0.5, 0.6) is 0 Å². The number of hydrogen-bond donors (Lipinski definition) is 2. The normalized spacial score (nSPS) is 27.8. The minimum absolute atomic E-state index is 0.142. The molecule has 3 rings (SSSR count). The van der Waals surface area contributed by atoms with E-state index in [0.717, 1.165) is 30.2 Å². The standard InChI is InChI=1S/C14H23N3OS/c1-10-16-12(9-19-10)13(17-15)11-4-7-18-14(8-11)5-2-3-6-14/h9,11,13,17H,2-8,15H2,1H3. The molecule has 0 bridgehead atoms. The first kappa shape index (κ1) is 13.5. The summed E-state index contributed by atoms with van der Waals surface area (Å²) in [5.41, 5.74) is 4.24. The van der Waals surface area contributed by atoms with Crippen LogP contribution in [0.25, 0.3) is 0 Å². The first-order chi connectivity index (χ1) is 9.22. The van der Waals surface area contributed by atoms with Gasteiger partial charge >= 0.3 is 0 Å². The minimum atomic E-state index is 0.142. The quantitative estimate of drug-likeness (QED) is 0.660. The summed E-state index contributed by atoms with van der Waals surface area (Å²) in [5, 5.41) is 3.24. The Kier molecular flexibility index (Phi) is 3.89. The summed E-state index contributed by atoms with van der Waals surface area (Å²) in [4.78, 5) is 4.61. The zero-order valence-corrected chi connectivity index (χ0v) is 12.3. The zero-order chi connectivity index (χ0) is 13.3. The van der Waals surface area contributed by atoms with Crippen molar-refractivity contribution in [2.45, 2.75) is 57.1 Å². The average Bonchev–Trinajstić information content (AvgIpc) is 3.01. The van der Waals surface area contributed by atoms with Gasteiger partial charge in [0.05, 0.1) is 22.3 Å². The summed E-state index contributed by atoms with van der Waals surface area (Å²) < 4.78 is 6.11. The fourth-order valence-corrected chi connectivity index (χ4v) is 4.35. The average molecular weight is 281 g/mol. The Labute approximate surface area is 118 Å². The van der Waals surface area contributed by atoms with Crippen molar-refractivity contribution < 1.29 is 4.74 Å². The molecule has 2 heterocycles. The van der Waals surface area contributed by atoms with Gasteiger partial charge in [-0.1, -0.05) is 12.8 Å². The van der Waals surface area contributed by atoms with Crippen LogP contribution in [-0.4, -0.2) is 17.2 Å². The SMILES string of the molecule is Cc1nc(C(NN)C2CCOC3(CCCC3)C2)cs1. The van der Waals surface area contributed by atoms with Gasteiger partial charge in [-0.2, -0.15) is 0 Å². The number of ether oxygens (including phenoxy) is 1. The van der Waals surface area contributed by atoms with Crippen molar-refractivity contribution in [3.05, 3.63) is 16.1 Å². The maximum Gasteiger partial charge on any atom is 0.0898 e. The molecule has 1 saturated carbocycles. The summed E-state index contributed by atoms with van der Waals surface area (Å²) in [7, 11) is 0. The van der Waals surface area contributed by atoms with Gasteiger partial charge in [0.2, 0.25) is 0 Å². The molecule has 0 aromatic carbocycles. The van der Waals surface area contributed by atoms with Gasteiger partial charge < -0.3 is 4.74 Å². The smallest absolute Gasteiger partial charge is 0.0898 e. The lowest BCUT2D eigenvalue weighted by Crippen LogP contribution is -2.43. The van der Waals surface area contributed by atoms with Crippen molar-refractivity contribution in [1.82, 2.24) is 10.4 Å². The molecule has 2 unspecified atom stereocenters. The van der Waals surface area contributed by atoms with Crippen molar-refractivity contribution in [2.24, 2.45) is 11.8 Å². The van der Waals surface area contributed by atoms with E-state index < -0.39 is 0 Å². The molecule has 5 heteroatoms. The van der Waals surface area contributed by atoms with Gasteiger partial charge in [0.1, 0.15) is 0 Å². The molecule has 1 aromatic heterocycles. The number of nitrogens with zero attached hydrogens (tertiary/aromatic N) is 1. The number of hydrazine groups is 1. The van der Waals surface area contributed by atoms with E-state index in [2.05, 4.69) is 15.8 Å². The predicted octanol–water partition coefficient (Wildman–Crippen LogP) is 2.70. The number of nitrogens with two attached hydrogens (primary N) is 1. The topological polar surface area (TPSA) is 60.2 Å². The highest BCUT2D eigenvalue weighted by Gasteiger charge is 2.42. The Morgan fingerprint density at radius 3 is 2.95 bits per heavy atom. The van der Waals surface area contributed by atoms with Gasteiger partial charge in [0, 0.05) is 12.0 Å². The Morgan fingerprint density at radius 1 is 1.53 bits per heavy atom. The van der Waals surface area contributed by atoms with E-state index in [0.29, 0.717) is 5.92 Å². The van der Waals surface area contributed by atoms with Gasteiger partial charge in [-0.3, -0.25) is 11.3 Å². The molecule has 1 aromatic rings. The maximum absolute atomic E-state index is 6.11. The fraction of sp³-hybridized carbons (Fsp3) is 0.786. The molecule has 2 aliphatic rings. The Hall–Kier alpha value is -0.490. The van der Waals surface area contributed by atoms with Crippen LogP contribution in [0.2, 0.25) is 0 Å². The van der Waals surface area contributed by atoms with E-state index in [1.807, 2.05) is 6.92 Å². The summed E-state index contributed by atoms with van der Waals surface area (Å²) in [6, 6.07) is 0.173. The van der Waals surface area contributed by atoms with Crippen LogP contribution in [0, 0.1) is 12.8 Å². The largest absolute Gasteiger partial charge is 0.375 e. The van der Waals surface area contributed by atoms with Gasteiger partial charge in [0.25, 0.3) is 0 Å². The van der Waals surface area contributed by atoms with E-state index >= 15 is 0 Å². The van der Waals surface area contributed by atoms with E-state index in [1.54, 1.807) is 11.3 Å². The number of hydrogen-bond acceptors (Lipinski definition) is 5. The molecule has 1 spiro atoms. The van der Waals surface area contributed by atoms with E-state index in [-0.39, 0.29) is 11.6 Å². The van der Waals surface area contributed by atoms with Crippen LogP contribution in [0.4, 0.5) is 0 Å². The van der Waals surface area contributed by atoms with E-state index in [4.69, 9.17) is 10.6 Å². The fourth-order valence-electron chi connectivity index (χ4n) is 3.70. The zero-order valence-electron chi connectivity index (χ0n) is 11.5. The van der Waals surface area contributed by atoms with Crippen LogP contribution in [0.15, 0.2) is 5.38 Å². The van der Waals surface area contributed by atoms with Crippen molar-refractivity contribution in [3.8, 4) is 0 Å². The first-order valence-electron chi connectivity index (χ1n) is 7.25. The molecular weight excluding hydrogens is 258 g/mol. The van der Waals surface area contributed by atoms with Gasteiger partial charge in [-0.25, -0.2) is 4.98 Å². The second-order valence-electron chi connectivity index (χ2n) is 5.93. The molecule has 3 N–H and O–H groups in total. The van der Waals surface area contributed by atoms with Crippen molar-refractivity contribution in [1.29, 1.82) is 0 Å². The van der Waals surface area contributed by atoms with Crippen molar-refractivity contribution in [2.75, 3.05) is 6.61 Å². The second kappa shape index (κ2) is 5.48. The molecule has 19 heavy (non-hydrogen) atoms. The monoisotopic (exact) mass is 281 g/mol. The third-order valence-electron chi connectivity index (χ3n) is 4.65. The van der Waals surface area contributed by atoms with Gasteiger partial charge in [0.15, 0.2) is 0 Å². The summed E-state index contributed by atoms with van der Waals surface area (Å²) in [6.07, 6.45) is 7.26. The highest BCUT2D eigenvalue weighted by molar-refractivity contribution is 7.09. The summed E-state index contributed by atoms with van der Waals surface area (Å²) in [5.74, 6) is 6.35. The molecule has 1 aliphatic carbocycles. The van der Waals surface area contributed by atoms with Crippen LogP contribution in [0.3, 0.4) is 0 Å². The molecular formula is C14H23N3OS. The van der Waals surface area contributed by atoms with Crippen LogP contribution >= 0.6 is 11.3 Å². The third-order valence-corrected chi connectivity index (χ3v) is 5.44. The molecule has 2 atom stereocenters. The van der Waals surface area contributed by atoms with Gasteiger partial charge in [-0.05, 0) is 38.5 Å². The van der Waals surface area contributed by atoms with E-state index in [1.165, 1.54) is 25.7 Å². The molecule has 106 valence electrons. The van der Waals surface area contributed by atoms with E-state index in [9.17, 15) is 0 Å². The van der Waals surface area contributed by atoms with Crippen LogP contribution in [0.1, 0.15) is 55.3 Å². The van der Waals surface area contributed by atoms with Crippen molar-refractivity contribution >= 4 is 11.3 Å². The van der Waals surface area contributed by atoms with Crippen LogP contribution < -0.4 is 11.3 Å². The number of rotatable bonds is 3. The Bertz CT molecular complexity index is 428. The lowest BCUT2D eigenvalue weighted by molar-refractivity contribution is -0.0984. The molecule has 1 saturated heterocycles. The first-order valence-corrected chi connectivity index (χ1v) is 8.12. The predicted molar refractivity (Wildman–Crippen MR) is 76.8 cm³/mol. The molecule has 4 nitrogen and oxygen atoms in total. The minimum Gasteiger partial charge on any atom is -0.375 e.